The average molecular weight is 178 g/mol. The first-order chi connectivity index (χ1) is 5.90. The zero-order valence-electron chi connectivity index (χ0n) is 7.42. The highest BCUT2D eigenvalue weighted by Gasteiger charge is 2.19. The number of hydrogen-bond donors (Lipinski definition) is 0. The number of rotatable bonds is 2. The Hall–Kier alpha value is -0.430. The monoisotopic (exact) mass is 178 g/mol. The highest BCUT2D eigenvalue weighted by molar-refractivity contribution is 8.00. The molecule has 0 spiro atoms. The van der Waals surface area contributed by atoms with Crippen LogP contribution < -0.4 is 0 Å². The molecule has 1 unspecified atom stereocenters. The minimum Gasteiger partial charge on any atom is -0.154 e. The molecule has 0 N–H and O–H groups in total. The van der Waals surface area contributed by atoms with E-state index in [4.69, 9.17) is 0 Å². The van der Waals surface area contributed by atoms with Crippen LogP contribution in [0.25, 0.3) is 0 Å². The summed E-state index contributed by atoms with van der Waals surface area (Å²) < 4.78 is 0. The third kappa shape index (κ3) is 1.51. The SMILES string of the molecule is CCc1ccc(C2CCS2)cc1. The van der Waals surface area contributed by atoms with Gasteiger partial charge in [-0.05, 0) is 29.7 Å². The van der Waals surface area contributed by atoms with E-state index in [1.54, 1.807) is 0 Å². The molecule has 1 fully saturated rings. The van der Waals surface area contributed by atoms with Gasteiger partial charge in [0.15, 0.2) is 0 Å². The van der Waals surface area contributed by atoms with Gasteiger partial charge in [0.05, 0.1) is 0 Å². The van der Waals surface area contributed by atoms with Crippen LogP contribution in [0.5, 0.6) is 0 Å². The summed E-state index contributed by atoms with van der Waals surface area (Å²) in [5, 5.41) is 0.802. The van der Waals surface area contributed by atoms with Crippen molar-refractivity contribution in [1.29, 1.82) is 0 Å². The molecule has 2 rings (SSSR count). The Kier molecular flexibility index (Phi) is 2.40. The normalized spacial score (nSPS) is 21.9. The van der Waals surface area contributed by atoms with Gasteiger partial charge < -0.3 is 0 Å². The molecule has 12 heavy (non-hydrogen) atoms. The fourth-order valence-electron chi connectivity index (χ4n) is 1.47. The Morgan fingerprint density at radius 2 is 2.00 bits per heavy atom. The van der Waals surface area contributed by atoms with Gasteiger partial charge in [0.25, 0.3) is 0 Å². The molecule has 1 aromatic carbocycles. The smallest absolute Gasteiger partial charge is 0.0305 e. The van der Waals surface area contributed by atoms with Crippen molar-refractivity contribution < 1.29 is 0 Å². The van der Waals surface area contributed by atoms with Gasteiger partial charge in [0.2, 0.25) is 0 Å². The molecule has 0 radical (unpaired) electrons. The van der Waals surface area contributed by atoms with E-state index in [1.807, 2.05) is 0 Å². The van der Waals surface area contributed by atoms with Crippen molar-refractivity contribution in [2.75, 3.05) is 5.75 Å². The topological polar surface area (TPSA) is 0 Å². The van der Waals surface area contributed by atoms with E-state index < -0.39 is 0 Å². The van der Waals surface area contributed by atoms with Gasteiger partial charge in [0, 0.05) is 5.25 Å². The molecule has 1 aliphatic rings. The molecule has 64 valence electrons. The first-order valence-electron chi connectivity index (χ1n) is 4.60. The van der Waals surface area contributed by atoms with Crippen molar-refractivity contribution in [1.82, 2.24) is 0 Å². The third-order valence-electron chi connectivity index (χ3n) is 2.46. The fraction of sp³-hybridized carbons (Fsp3) is 0.455. The second-order valence-corrected chi connectivity index (χ2v) is 4.55. The molecular formula is C11H14S. The molecule has 1 atom stereocenters. The van der Waals surface area contributed by atoms with Crippen molar-refractivity contribution in [3.63, 3.8) is 0 Å². The summed E-state index contributed by atoms with van der Waals surface area (Å²) in [4.78, 5) is 0. The maximum Gasteiger partial charge on any atom is 0.0305 e. The largest absolute Gasteiger partial charge is 0.154 e. The molecule has 1 heteroatoms. The van der Waals surface area contributed by atoms with E-state index in [0.717, 1.165) is 11.7 Å². The molecule has 1 aliphatic heterocycles. The number of aryl methyl sites for hydroxylation is 1. The average Bonchev–Trinajstić information content (AvgIpc) is 2.03. The van der Waals surface area contributed by atoms with Crippen molar-refractivity contribution in [3.8, 4) is 0 Å². The highest BCUT2D eigenvalue weighted by Crippen LogP contribution is 2.42. The Morgan fingerprint density at radius 1 is 1.33 bits per heavy atom. The lowest BCUT2D eigenvalue weighted by molar-refractivity contribution is 0.848. The number of hydrogen-bond acceptors (Lipinski definition) is 1. The molecule has 0 nitrogen and oxygen atoms in total. The van der Waals surface area contributed by atoms with Crippen molar-refractivity contribution >= 4 is 11.8 Å². The van der Waals surface area contributed by atoms with Crippen LogP contribution in [0.3, 0.4) is 0 Å². The van der Waals surface area contributed by atoms with E-state index in [-0.39, 0.29) is 0 Å². The second kappa shape index (κ2) is 3.53. The second-order valence-electron chi connectivity index (χ2n) is 3.24. The summed E-state index contributed by atoms with van der Waals surface area (Å²) in [7, 11) is 0. The zero-order chi connectivity index (χ0) is 8.39. The van der Waals surface area contributed by atoms with Crippen molar-refractivity contribution in [2.45, 2.75) is 25.0 Å². The minimum atomic E-state index is 0.802. The molecule has 1 saturated heterocycles. The Labute approximate surface area is 78.4 Å². The van der Waals surface area contributed by atoms with Crippen LogP contribution in [0.15, 0.2) is 24.3 Å². The lowest BCUT2D eigenvalue weighted by Crippen LogP contribution is -2.06. The number of benzene rings is 1. The Bertz CT molecular complexity index is 246. The van der Waals surface area contributed by atoms with Gasteiger partial charge in [-0.15, -0.1) is 0 Å². The van der Waals surface area contributed by atoms with E-state index in [1.165, 1.54) is 23.3 Å². The minimum absolute atomic E-state index is 0.802. The van der Waals surface area contributed by atoms with Gasteiger partial charge in [-0.3, -0.25) is 0 Å². The van der Waals surface area contributed by atoms with E-state index in [0.29, 0.717) is 0 Å². The standard InChI is InChI=1S/C11H14S/c1-2-9-3-5-10(6-4-9)11-7-8-12-11/h3-6,11H,2,7-8H2,1H3. The molecule has 1 heterocycles. The van der Waals surface area contributed by atoms with Crippen LogP contribution >= 0.6 is 11.8 Å². The summed E-state index contributed by atoms with van der Waals surface area (Å²) in [6.45, 7) is 2.20. The first-order valence-corrected chi connectivity index (χ1v) is 5.65. The molecular weight excluding hydrogens is 164 g/mol. The van der Waals surface area contributed by atoms with Gasteiger partial charge in [0.1, 0.15) is 0 Å². The summed E-state index contributed by atoms with van der Waals surface area (Å²) in [5.74, 6) is 1.35. The summed E-state index contributed by atoms with van der Waals surface area (Å²) in [5.41, 5.74) is 2.96. The van der Waals surface area contributed by atoms with E-state index in [2.05, 4.69) is 43.0 Å². The van der Waals surface area contributed by atoms with Crippen molar-refractivity contribution in [2.24, 2.45) is 0 Å². The quantitative estimate of drug-likeness (QED) is 0.668. The first kappa shape index (κ1) is 8.18. The predicted molar refractivity (Wildman–Crippen MR) is 55.6 cm³/mol. The van der Waals surface area contributed by atoms with Gasteiger partial charge in [-0.2, -0.15) is 11.8 Å². The summed E-state index contributed by atoms with van der Waals surface area (Å²) in [6, 6.07) is 9.09. The molecule has 0 aliphatic carbocycles. The fourth-order valence-corrected chi connectivity index (χ4v) is 2.29. The van der Waals surface area contributed by atoms with Crippen molar-refractivity contribution in [3.05, 3.63) is 35.4 Å². The molecule has 0 saturated carbocycles. The zero-order valence-corrected chi connectivity index (χ0v) is 8.23. The van der Waals surface area contributed by atoms with Gasteiger partial charge in [-0.1, -0.05) is 31.2 Å². The summed E-state index contributed by atoms with van der Waals surface area (Å²) >= 11 is 2.07. The molecule has 0 amide bonds. The maximum atomic E-state index is 2.29. The van der Waals surface area contributed by atoms with E-state index in [9.17, 15) is 0 Å². The van der Waals surface area contributed by atoms with Crippen LogP contribution in [0.1, 0.15) is 29.7 Å². The van der Waals surface area contributed by atoms with Gasteiger partial charge in [-0.25, -0.2) is 0 Å². The van der Waals surface area contributed by atoms with E-state index >= 15 is 0 Å². The van der Waals surface area contributed by atoms with Crippen LogP contribution in [-0.2, 0) is 6.42 Å². The lowest BCUT2D eigenvalue weighted by atomic mass is 10.1. The predicted octanol–water partition coefficient (Wildman–Crippen LogP) is 3.43. The van der Waals surface area contributed by atoms with Crippen LogP contribution in [0.4, 0.5) is 0 Å². The summed E-state index contributed by atoms with van der Waals surface area (Å²) in [6.07, 6.45) is 2.52. The maximum absolute atomic E-state index is 2.29. The van der Waals surface area contributed by atoms with Crippen LogP contribution in [0.2, 0.25) is 0 Å². The Balaban J connectivity index is 2.13. The van der Waals surface area contributed by atoms with Crippen LogP contribution in [0, 0.1) is 0 Å². The van der Waals surface area contributed by atoms with Crippen LogP contribution in [-0.4, -0.2) is 5.75 Å². The molecule has 0 bridgehead atoms. The van der Waals surface area contributed by atoms with Gasteiger partial charge >= 0.3 is 0 Å². The molecule has 0 aromatic heterocycles. The lowest BCUT2D eigenvalue weighted by Gasteiger charge is -2.25. The Morgan fingerprint density at radius 3 is 2.42 bits per heavy atom. The molecule has 1 aromatic rings. The third-order valence-corrected chi connectivity index (χ3v) is 3.84. The number of thioether (sulfide) groups is 1. The highest BCUT2D eigenvalue weighted by atomic mass is 32.2.